The largest absolute Gasteiger partial charge is 0.467 e. The molecule has 0 fully saturated rings. The SMILES string of the molecule is Cc1cc(C(=O)CSc2nn3c(=O)c(C(C)(C)C)nnc3s2)c(C)n1Cc1ccco1. The number of aryl methyl sites for hydroxylation is 1. The van der Waals surface area contributed by atoms with Crippen molar-refractivity contribution >= 4 is 33.8 Å². The van der Waals surface area contributed by atoms with Gasteiger partial charge in [-0.15, -0.1) is 15.3 Å². The monoisotopic (exact) mass is 457 g/mol. The van der Waals surface area contributed by atoms with Gasteiger partial charge in [0.1, 0.15) is 11.5 Å². The maximum atomic E-state index is 12.9. The molecular formula is C21H23N5O3S2. The Hall–Kier alpha value is -2.72. The second-order valence-corrected chi connectivity index (χ2v) is 10.5. The van der Waals surface area contributed by atoms with Crippen LogP contribution in [0.3, 0.4) is 0 Å². The van der Waals surface area contributed by atoms with Gasteiger partial charge in [0.15, 0.2) is 10.1 Å². The molecule has 0 aromatic carbocycles. The van der Waals surface area contributed by atoms with Crippen LogP contribution in [0.15, 0.2) is 38.0 Å². The number of carbonyl (C=O) groups excluding carboxylic acids is 1. The van der Waals surface area contributed by atoms with E-state index in [1.54, 1.807) is 6.26 Å². The molecule has 0 amide bonds. The fourth-order valence-electron chi connectivity index (χ4n) is 3.32. The van der Waals surface area contributed by atoms with Gasteiger partial charge in [0.05, 0.1) is 18.6 Å². The molecule has 0 bridgehead atoms. The third-order valence-electron chi connectivity index (χ3n) is 4.98. The molecule has 0 aliphatic rings. The summed E-state index contributed by atoms with van der Waals surface area (Å²) in [4.78, 5) is 26.0. The molecule has 4 aromatic rings. The summed E-state index contributed by atoms with van der Waals surface area (Å²) >= 11 is 2.56. The lowest BCUT2D eigenvalue weighted by molar-refractivity contribution is 0.102. The molecule has 0 aliphatic carbocycles. The van der Waals surface area contributed by atoms with Crippen molar-refractivity contribution in [2.45, 2.75) is 50.9 Å². The third kappa shape index (κ3) is 4.22. The van der Waals surface area contributed by atoms with E-state index in [2.05, 4.69) is 19.9 Å². The Kier molecular flexibility index (Phi) is 5.61. The number of ketones is 1. The van der Waals surface area contributed by atoms with Gasteiger partial charge in [-0.05, 0) is 32.0 Å². The summed E-state index contributed by atoms with van der Waals surface area (Å²) in [6.07, 6.45) is 1.64. The number of fused-ring (bicyclic) bond motifs is 1. The Morgan fingerprint density at radius 3 is 2.71 bits per heavy atom. The zero-order valence-electron chi connectivity index (χ0n) is 18.0. The number of Topliss-reactive ketones (excluding diaryl/α,β-unsaturated/α-hetero) is 1. The van der Waals surface area contributed by atoms with Crippen molar-refractivity contribution < 1.29 is 9.21 Å². The first-order chi connectivity index (χ1) is 14.6. The number of carbonyl (C=O) groups is 1. The van der Waals surface area contributed by atoms with Crippen LogP contribution in [0.4, 0.5) is 0 Å². The van der Waals surface area contributed by atoms with Crippen LogP contribution in [0.1, 0.15) is 54.0 Å². The van der Waals surface area contributed by atoms with Crippen LogP contribution < -0.4 is 5.56 Å². The molecule has 10 heteroatoms. The van der Waals surface area contributed by atoms with Gasteiger partial charge >= 0.3 is 0 Å². The highest BCUT2D eigenvalue weighted by molar-refractivity contribution is 8.01. The van der Waals surface area contributed by atoms with E-state index >= 15 is 0 Å². The number of hydrogen-bond acceptors (Lipinski definition) is 8. The first-order valence-electron chi connectivity index (χ1n) is 9.77. The predicted octanol–water partition coefficient (Wildman–Crippen LogP) is 3.88. The molecule has 0 unspecified atom stereocenters. The molecule has 162 valence electrons. The number of rotatable bonds is 6. The van der Waals surface area contributed by atoms with Crippen molar-refractivity contribution in [3.05, 3.63) is 63.2 Å². The molecule has 4 aromatic heterocycles. The van der Waals surface area contributed by atoms with Gasteiger partial charge in [0.25, 0.3) is 5.56 Å². The van der Waals surface area contributed by atoms with Crippen LogP contribution in [-0.4, -0.2) is 35.9 Å². The molecular weight excluding hydrogens is 434 g/mol. The molecule has 0 N–H and O–H groups in total. The van der Waals surface area contributed by atoms with Crippen LogP contribution in [0.5, 0.6) is 0 Å². The molecule has 0 atom stereocenters. The van der Waals surface area contributed by atoms with Gasteiger partial charge < -0.3 is 8.98 Å². The summed E-state index contributed by atoms with van der Waals surface area (Å²) in [5, 5.41) is 12.6. The molecule has 8 nitrogen and oxygen atoms in total. The van der Waals surface area contributed by atoms with Gasteiger partial charge in [0, 0.05) is 22.4 Å². The fraction of sp³-hybridized carbons (Fsp3) is 0.381. The zero-order chi connectivity index (χ0) is 22.3. The van der Waals surface area contributed by atoms with E-state index in [4.69, 9.17) is 4.42 Å². The Morgan fingerprint density at radius 1 is 1.26 bits per heavy atom. The molecule has 31 heavy (non-hydrogen) atoms. The standard InChI is InChI=1S/C21H23N5O3S2/c1-12-9-15(13(2)25(12)10-14-7-6-8-29-14)16(27)11-30-20-24-26-18(28)17(21(3,4)5)22-23-19(26)31-20/h6-9H,10-11H2,1-5H3. The van der Waals surface area contributed by atoms with E-state index in [9.17, 15) is 9.59 Å². The van der Waals surface area contributed by atoms with E-state index in [1.165, 1.54) is 27.6 Å². The van der Waals surface area contributed by atoms with Crippen molar-refractivity contribution in [2.75, 3.05) is 5.75 Å². The Bertz CT molecular complexity index is 1310. The van der Waals surface area contributed by atoms with Crippen molar-refractivity contribution in [1.29, 1.82) is 0 Å². The van der Waals surface area contributed by atoms with Gasteiger partial charge in [-0.1, -0.05) is 43.9 Å². The van der Waals surface area contributed by atoms with Crippen LogP contribution >= 0.6 is 23.1 Å². The van der Waals surface area contributed by atoms with E-state index in [0.717, 1.165) is 17.1 Å². The lowest BCUT2D eigenvalue weighted by atomic mass is 9.93. The summed E-state index contributed by atoms with van der Waals surface area (Å²) in [5.41, 5.74) is 2.26. The number of nitrogens with zero attached hydrogens (tertiary/aromatic N) is 5. The minimum atomic E-state index is -0.420. The quantitative estimate of drug-likeness (QED) is 0.320. The van der Waals surface area contributed by atoms with Gasteiger partial charge in [-0.3, -0.25) is 9.59 Å². The molecule has 0 radical (unpaired) electrons. The Balaban J connectivity index is 1.52. The second-order valence-electron chi connectivity index (χ2n) is 8.33. The highest BCUT2D eigenvalue weighted by Gasteiger charge is 2.23. The molecule has 0 saturated heterocycles. The van der Waals surface area contributed by atoms with Crippen molar-refractivity contribution in [2.24, 2.45) is 0 Å². The number of aromatic nitrogens is 5. The number of thioether (sulfide) groups is 1. The van der Waals surface area contributed by atoms with Crippen molar-refractivity contribution in [3.8, 4) is 0 Å². The molecule has 0 saturated carbocycles. The van der Waals surface area contributed by atoms with E-state index in [1.807, 2.05) is 52.8 Å². The van der Waals surface area contributed by atoms with Crippen LogP contribution in [0, 0.1) is 13.8 Å². The fourth-order valence-corrected chi connectivity index (χ4v) is 5.07. The first-order valence-corrected chi connectivity index (χ1v) is 11.6. The maximum absolute atomic E-state index is 12.9. The van der Waals surface area contributed by atoms with Gasteiger partial charge in [-0.25, -0.2) is 0 Å². The number of hydrogen-bond donors (Lipinski definition) is 0. The summed E-state index contributed by atoms with van der Waals surface area (Å²) in [6.45, 7) is 10.2. The maximum Gasteiger partial charge on any atom is 0.297 e. The highest BCUT2D eigenvalue weighted by Crippen LogP contribution is 2.26. The molecule has 0 spiro atoms. The lowest BCUT2D eigenvalue weighted by Crippen LogP contribution is -2.30. The van der Waals surface area contributed by atoms with Crippen molar-refractivity contribution in [1.82, 2.24) is 24.4 Å². The normalized spacial score (nSPS) is 12.0. The summed E-state index contributed by atoms with van der Waals surface area (Å²) in [7, 11) is 0. The number of furan rings is 1. The Morgan fingerprint density at radius 2 is 2.03 bits per heavy atom. The minimum Gasteiger partial charge on any atom is -0.467 e. The second kappa shape index (κ2) is 8.08. The Labute approximate surface area is 187 Å². The molecule has 0 aliphatic heterocycles. The highest BCUT2D eigenvalue weighted by atomic mass is 32.2. The first kappa shape index (κ1) is 21.5. The van der Waals surface area contributed by atoms with Crippen LogP contribution in [0.25, 0.3) is 4.96 Å². The zero-order valence-corrected chi connectivity index (χ0v) is 19.6. The minimum absolute atomic E-state index is 0.0110. The van der Waals surface area contributed by atoms with E-state index < -0.39 is 5.41 Å². The van der Waals surface area contributed by atoms with E-state index in [0.29, 0.717) is 27.1 Å². The predicted molar refractivity (Wildman–Crippen MR) is 120 cm³/mol. The lowest BCUT2D eigenvalue weighted by Gasteiger charge is -2.14. The molecule has 4 rings (SSSR count). The van der Waals surface area contributed by atoms with Crippen molar-refractivity contribution in [3.63, 3.8) is 0 Å². The van der Waals surface area contributed by atoms with Gasteiger partial charge in [-0.2, -0.15) is 4.52 Å². The summed E-state index contributed by atoms with van der Waals surface area (Å²) in [5.74, 6) is 1.07. The van der Waals surface area contributed by atoms with E-state index in [-0.39, 0.29) is 17.1 Å². The third-order valence-corrected chi connectivity index (χ3v) is 7.01. The van der Waals surface area contributed by atoms with Crippen LogP contribution in [-0.2, 0) is 12.0 Å². The topological polar surface area (TPSA) is 95.3 Å². The summed E-state index contributed by atoms with van der Waals surface area (Å²) < 4.78 is 9.39. The van der Waals surface area contributed by atoms with Crippen LogP contribution in [0.2, 0.25) is 0 Å². The summed E-state index contributed by atoms with van der Waals surface area (Å²) in [6, 6.07) is 5.68. The molecule has 4 heterocycles. The van der Waals surface area contributed by atoms with Gasteiger partial charge in [0.2, 0.25) is 4.96 Å². The smallest absolute Gasteiger partial charge is 0.297 e. The average molecular weight is 458 g/mol. The average Bonchev–Trinajstić information content (AvgIpc) is 3.41.